The summed E-state index contributed by atoms with van der Waals surface area (Å²) in [6, 6.07) is 21.0. The highest BCUT2D eigenvalue weighted by Gasteiger charge is 2.10. The number of aromatic carboxylic acids is 1. The van der Waals surface area contributed by atoms with E-state index in [1.807, 2.05) is 44.2 Å². The van der Waals surface area contributed by atoms with Gasteiger partial charge in [0.25, 0.3) is 0 Å². The number of hydrogen-bond donors (Lipinski definition) is 1. The van der Waals surface area contributed by atoms with E-state index in [4.69, 9.17) is 14.3 Å². The smallest absolute Gasteiger partial charge is 0.335 e. The van der Waals surface area contributed by atoms with Crippen molar-refractivity contribution in [2.75, 3.05) is 0 Å². The summed E-state index contributed by atoms with van der Waals surface area (Å²) in [6.45, 7) is 4.21. The Balaban J connectivity index is 0.00000124. The first kappa shape index (κ1) is 20.9. The lowest BCUT2D eigenvalue weighted by atomic mass is 10.1. The van der Waals surface area contributed by atoms with Gasteiger partial charge < -0.3 is 14.3 Å². The molecule has 0 amide bonds. The maximum absolute atomic E-state index is 12.8. The van der Waals surface area contributed by atoms with E-state index in [1.54, 1.807) is 36.4 Å². The Labute approximate surface area is 174 Å². The number of fused-ring (bicyclic) bond motifs is 1. The molecule has 0 saturated carbocycles. The van der Waals surface area contributed by atoms with Crippen LogP contribution in [0.25, 0.3) is 22.1 Å². The van der Waals surface area contributed by atoms with Crippen LogP contribution in [-0.2, 0) is 6.61 Å². The molecule has 1 aromatic heterocycles. The van der Waals surface area contributed by atoms with Crippen LogP contribution in [0, 0.1) is 0 Å². The minimum atomic E-state index is -0.983. The molecule has 0 atom stereocenters. The Morgan fingerprint density at radius 2 is 1.73 bits per heavy atom. The van der Waals surface area contributed by atoms with Gasteiger partial charge in [-0.05, 0) is 35.4 Å². The fourth-order valence-electron chi connectivity index (χ4n) is 2.98. The quantitative estimate of drug-likeness (QED) is 0.459. The number of hydrogen-bond acceptors (Lipinski definition) is 4. The summed E-state index contributed by atoms with van der Waals surface area (Å²) in [6.07, 6.45) is 1.46. The largest absolute Gasteiger partial charge is 0.489 e. The molecule has 4 aromatic rings. The first-order chi connectivity index (χ1) is 14.6. The molecule has 0 aliphatic carbocycles. The first-order valence-electron chi connectivity index (χ1n) is 9.68. The molecule has 0 aliphatic rings. The molecule has 0 radical (unpaired) electrons. The first-order valence-corrected chi connectivity index (χ1v) is 9.68. The SMILES string of the molecule is CC.O=C(O)c1cccc(COc2ccc3c(=O)c(-c4ccccc4)coc3c2)c1. The summed E-state index contributed by atoms with van der Waals surface area (Å²) >= 11 is 0. The average molecular weight is 402 g/mol. The lowest BCUT2D eigenvalue weighted by Crippen LogP contribution is -2.05. The molecular formula is C25H22O5. The van der Waals surface area contributed by atoms with Crippen LogP contribution in [0.4, 0.5) is 0 Å². The van der Waals surface area contributed by atoms with Crippen molar-refractivity contribution in [3.63, 3.8) is 0 Å². The molecule has 0 aliphatic heterocycles. The van der Waals surface area contributed by atoms with Crippen LogP contribution < -0.4 is 10.2 Å². The van der Waals surface area contributed by atoms with Gasteiger partial charge in [0.2, 0.25) is 0 Å². The van der Waals surface area contributed by atoms with Crippen molar-refractivity contribution in [2.45, 2.75) is 20.5 Å². The standard InChI is InChI=1S/C23H16O5.C2H6/c24-22-19-10-9-18(27-13-15-5-4-8-17(11-15)23(25)26)12-21(19)28-14-20(22)16-6-2-1-3-7-16;1-2/h1-12,14H,13H2,(H,25,26);1-2H3. The summed E-state index contributed by atoms with van der Waals surface area (Å²) in [5, 5.41) is 9.53. The summed E-state index contributed by atoms with van der Waals surface area (Å²) < 4.78 is 11.4. The summed E-state index contributed by atoms with van der Waals surface area (Å²) in [7, 11) is 0. The van der Waals surface area contributed by atoms with Gasteiger partial charge in [-0.15, -0.1) is 0 Å². The predicted molar refractivity (Wildman–Crippen MR) is 117 cm³/mol. The summed E-state index contributed by atoms with van der Waals surface area (Å²) in [5.41, 5.74) is 2.58. The van der Waals surface area contributed by atoms with Crippen LogP contribution in [0.3, 0.4) is 0 Å². The number of carbonyl (C=O) groups is 1. The van der Waals surface area contributed by atoms with Gasteiger partial charge in [0.15, 0.2) is 5.43 Å². The van der Waals surface area contributed by atoms with Crippen LogP contribution in [0.5, 0.6) is 5.75 Å². The Morgan fingerprint density at radius 1 is 0.967 bits per heavy atom. The molecule has 0 fully saturated rings. The van der Waals surface area contributed by atoms with E-state index in [0.717, 1.165) is 11.1 Å². The van der Waals surface area contributed by atoms with E-state index in [2.05, 4.69) is 0 Å². The van der Waals surface area contributed by atoms with Gasteiger partial charge in [-0.1, -0.05) is 56.3 Å². The Hall–Kier alpha value is -3.86. The van der Waals surface area contributed by atoms with Crippen molar-refractivity contribution < 1.29 is 19.1 Å². The molecule has 1 heterocycles. The third kappa shape index (κ3) is 4.58. The van der Waals surface area contributed by atoms with Crippen LogP contribution in [0.2, 0.25) is 0 Å². The van der Waals surface area contributed by atoms with Crippen molar-refractivity contribution in [3.05, 3.63) is 100 Å². The zero-order valence-corrected chi connectivity index (χ0v) is 16.8. The Bertz CT molecular complexity index is 1210. The molecule has 1 N–H and O–H groups in total. The molecule has 0 unspecified atom stereocenters. The Morgan fingerprint density at radius 3 is 2.47 bits per heavy atom. The maximum Gasteiger partial charge on any atom is 0.335 e. The molecule has 30 heavy (non-hydrogen) atoms. The highest BCUT2D eigenvalue weighted by Crippen LogP contribution is 2.23. The van der Waals surface area contributed by atoms with E-state index in [1.165, 1.54) is 12.3 Å². The Kier molecular flexibility index (Phi) is 6.65. The number of rotatable bonds is 5. The molecule has 3 aromatic carbocycles. The minimum absolute atomic E-state index is 0.104. The van der Waals surface area contributed by atoms with Gasteiger partial charge in [0.1, 0.15) is 24.2 Å². The molecule has 4 rings (SSSR count). The summed E-state index contributed by atoms with van der Waals surface area (Å²) in [4.78, 5) is 23.8. The van der Waals surface area contributed by atoms with Crippen molar-refractivity contribution >= 4 is 16.9 Å². The second-order valence-corrected chi connectivity index (χ2v) is 6.30. The molecule has 0 spiro atoms. The van der Waals surface area contributed by atoms with Gasteiger partial charge in [0.05, 0.1) is 16.5 Å². The number of carboxylic acids is 1. The van der Waals surface area contributed by atoms with E-state index >= 15 is 0 Å². The van der Waals surface area contributed by atoms with E-state index in [-0.39, 0.29) is 17.6 Å². The molecule has 0 saturated heterocycles. The van der Waals surface area contributed by atoms with E-state index < -0.39 is 5.97 Å². The second-order valence-electron chi connectivity index (χ2n) is 6.30. The van der Waals surface area contributed by atoms with Gasteiger partial charge >= 0.3 is 5.97 Å². The average Bonchev–Trinajstić information content (AvgIpc) is 2.80. The molecular weight excluding hydrogens is 380 g/mol. The normalized spacial score (nSPS) is 10.2. The fraction of sp³-hybridized carbons (Fsp3) is 0.120. The van der Waals surface area contributed by atoms with Crippen LogP contribution >= 0.6 is 0 Å². The van der Waals surface area contributed by atoms with Gasteiger partial charge in [-0.25, -0.2) is 4.79 Å². The zero-order valence-electron chi connectivity index (χ0n) is 16.8. The van der Waals surface area contributed by atoms with Crippen LogP contribution in [0.1, 0.15) is 29.8 Å². The number of benzene rings is 3. The van der Waals surface area contributed by atoms with Crippen molar-refractivity contribution in [3.8, 4) is 16.9 Å². The van der Waals surface area contributed by atoms with Crippen molar-refractivity contribution in [2.24, 2.45) is 0 Å². The lowest BCUT2D eigenvalue weighted by molar-refractivity contribution is 0.0696. The van der Waals surface area contributed by atoms with Crippen LogP contribution in [0.15, 0.2) is 88.3 Å². The predicted octanol–water partition coefficient (Wildman–Crippen LogP) is 5.76. The van der Waals surface area contributed by atoms with Gasteiger partial charge in [-0.2, -0.15) is 0 Å². The molecule has 5 heteroatoms. The highest BCUT2D eigenvalue weighted by molar-refractivity contribution is 5.87. The maximum atomic E-state index is 12.8. The number of ether oxygens (including phenoxy) is 1. The van der Waals surface area contributed by atoms with Crippen molar-refractivity contribution in [1.82, 2.24) is 0 Å². The van der Waals surface area contributed by atoms with E-state index in [0.29, 0.717) is 22.3 Å². The monoisotopic (exact) mass is 402 g/mol. The molecule has 0 bridgehead atoms. The fourth-order valence-corrected chi connectivity index (χ4v) is 2.98. The third-order valence-electron chi connectivity index (χ3n) is 4.41. The zero-order chi connectivity index (χ0) is 21.5. The number of carboxylic acid groups (broad SMARTS) is 1. The second kappa shape index (κ2) is 9.56. The topological polar surface area (TPSA) is 76.7 Å². The lowest BCUT2D eigenvalue weighted by Gasteiger charge is -2.08. The van der Waals surface area contributed by atoms with Gasteiger partial charge in [-0.3, -0.25) is 4.79 Å². The highest BCUT2D eigenvalue weighted by atomic mass is 16.5. The minimum Gasteiger partial charge on any atom is -0.489 e. The van der Waals surface area contributed by atoms with E-state index in [9.17, 15) is 9.59 Å². The molecule has 152 valence electrons. The van der Waals surface area contributed by atoms with Gasteiger partial charge in [0, 0.05) is 6.07 Å². The van der Waals surface area contributed by atoms with Crippen LogP contribution in [-0.4, -0.2) is 11.1 Å². The molecule has 5 nitrogen and oxygen atoms in total. The van der Waals surface area contributed by atoms with Crippen molar-refractivity contribution in [1.29, 1.82) is 0 Å². The summed E-state index contributed by atoms with van der Waals surface area (Å²) in [5.74, 6) is -0.451. The third-order valence-corrected chi connectivity index (χ3v) is 4.41.